The lowest BCUT2D eigenvalue weighted by molar-refractivity contribution is -0.0570. The molecule has 2 heterocycles. The van der Waals surface area contributed by atoms with Gasteiger partial charge in [-0.05, 0) is 69.9 Å². The Morgan fingerprint density at radius 3 is 2.43 bits per heavy atom. The van der Waals surface area contributed by atoms with E-state index in [0.717, 1.165) is 29.9 Å². The van der Waals surface area contributed by atoms with E-state index >= 15 is 0 Å². The van der Waals surface area contributed by atoms with Crippen LogP contribution in [0.4, 0.5) is 0 Å². The van der Waals surface area contributed by atoms with E-state index in [-0.39, 0.29) is 36.7 Å². The number of nitrogens with zero attached hydrogens (tertiary/aromatic N) is 3. The van der Waals surface area contributed by atoms with Gasteiger partial charge in [0.15, 0.2) is 0 Å². The maximum atomic E-state index is 12.6. The summed E-state index contributed by atoms with van der Waals surface area (Å²) in [6.07, 6.45) is 2.70. The van der Waals surface area contributed by atoms with Crippen LogP contribution in [-0.2, 0) is 22.3 Å². The first-order chi connectivity index (χ1) is 22.2. The highest BCUT2D eigenvalue weighted by molar-refractivity contribution is 7.85. The minimum atomic E-state index is -4.21. The lowest BCUT2D eigenvalue weighted by Gasteiger charge is -2.44. The highest BCUT2D eigenvalue weighted by Gasteiger charge is 2.47. The molecule has 0 saturated heterocycles. The molecule has 250 valence electrons. The smallest absolute Gasteiger partial charge is 0.271 e. The molecule has 3 N–H and O–H groups in total. The van der Waals surface area contributed by atoms with E-state index in [1.54, 1.807) is 47.1 Å². The highest BCUT2D eigenvalue weighted by Crippen LogP contribution is 2.53. The van der Waals surface area contributed by atoms with Crippen molar-refractivity contribution >= 4 is 50.8 Å². The van der Waals surface area contributed by atoms with E-state index in [1.165, 1.54) is 0 Å². The normalized spacial score (nSPS) is 19.5. The van der Waals surface area contributed by atoms with Crippen LogP contribution in [-0.4, -0.2) is 51.2 Å². The van der Waals surface area contributed by atoms with E-state index in [0.29, 0.717) is 50.5 Å². The first-order valence-corrected chi connectivity index (χ1v) is 17.9. The van der Waals surface area contributed by atoms with Gasteiger partial charge in [0.05, 0.1) is 32.0 Å². The Balaban J connectivity index is 1.15. The average Bonchev–Trinajstić information content (AvgIpc) is 3.58. The summed E-state index contributed by atoms with van der Waals surface area (Å²) in [5, 5.41) is 24.0. The number of nitrogens with one attached hydrogen (secondary N) is 1. The monoisotopic (exact) mass is 722 g/mol. The largest absolute Gasteiger partial charge is 0.489 e. The first kappa shape index (κ1) is 33.8. The lowest BCUT2D eigenvalue weighted by atomic mass is 9.66. The fourth-order valence-corrected chi connectivity index (χ4v) is 7.26. The summed E-state index contributed by atoms with van der Waals surface area (Å²) < 4.78 is 44.5. The highest BCUT2D eigenvalue weighted by atomic mass is 35.5. The molecule has 0 aliphatic heterocycles. The van der Waals surface area contributed by atoms with E-state index in [9.17, 15) is 18.3 Å². The molecule has 2 aliphatic carbocycles. The molecule has 11 nitrogen and oxygen atoms in total. The molecule has 47 heavy (non-hydrogen) atoms. The topological polar surface area (TPSA) is 157 Å². The number of benzene rings is 2. The fraction of sp³-hybridized carbons (Fsp3) is 0.406. The lowest BCUT2D eigenvalue weighted by Crippen LogP contribution is -2.41. The Labute approximate surface area is 286 Å². The zero-order valence-corrected chi connectivity index (χ0v) is 28.6. The van der Waals surface area contributed by atoms with Crippen LogP contribution in [0.15, 0.2) is 47.0 Å². The number of halogens is 3. The van der Waals surface area contributed by atoms with Crippen LogP contribution < -0.4 is 10.1 Å². The number of carbonyl (C=O) groups excluding carboxylic acids is 1. The van der Waals surface area contributed by atoms with Crippen LogP contribution >= 0.6 is 34.8 Å². The summed E-state index contributed by atoms with van der Waals surface area (Å²) in [7, 11) is -4.21. The number of rotatable bonds is 12. The Morgan fingerprint density at radius 1 is 1.11 bits per heavy atom. The second kappa shape index (κ2) is 13.1. The predicted molar refractivity (Wildman–Crippen MR) is 177 cm³/mol. The van der Waals surface area contributed by atoms with Gasteiger partial charge in [0.1, 0.15) is 29.5 Å². The number of ether oxygens (including phenoxy) is 1. The van der Waals surface area contributed by atoms with Gasteiger partial charge in [-0.3, -0.25) is 14.0 Å². The van der Waals surface area contributed by atoms with Crippen molar-refractivity contribution in [3.8, 4) is 17.0 Å². The molecule has 4 aromatic rings. The maximum absolute atomic E-state index is 12.6. The van der Waals surface area contributed by atoms with Crippen molar-refractivity contribution in [3.05, 3.63) is 85.8 Å². The Kier molecular flexibility index (Phi) is 9.38. The molecule has 0 unspecified atom stereocenters. The van der Waals surface area contributed by atoms with Crippen LogP contribution in [0.25, 0.3) is 11.3 Å². The van der Waals surface area contributed by atoms with Crippen molar-refractivity contribution in [2.75, 3.05) is 12.3 Å². The molecule has 15 heteroatoms. The van der Waals surface area contributed by atoms with Crippen molar-refractivity contribution in [3.63, 3.8) is 0 Å². The maximum Gasteiger partial charge on any atom is 0.271 e. The molecule has 2 aromatic heterocycles. The van der Waals surface area contributed by atoms with Gasteiger partial charge in [0.25, 0.3) is 16.0 Å². The van der Waals surface area contributed by atoms with Gasteiger partial charge in [-0.1, -0.05) is 52.1 Å². The van der Waals surface area contributed by atoms with E-state index in [1.807, 2.05) is 13.8 Å². The minimum Gasteiger partial charge on any atom is -0.489 e. The van der Waals surface area contributed by atoms with Crippen molar-refractivity contribution in [1.82, 2.24) is 20.3 Å². The Hall–Kier alpha value is -3.13. The molecular weight excluding hydrogens is 691 g/mol. The second-order valence-electron chi connectivity index (χ2n) is 12.3. The molecule has 0 bridgehead atoms. The number of hydrogen-bond acceptors (Lipinski definition) is 8. The summed E-state index contributed by atoms with van der Waals surface area (Å²) in [6.45, 7) is 3.76. The van der Waals surface area contributed by atoms with Crippen LogP contribution in [0.1, 0.15) is 90.5 Å². The molecular formula is C32H33Cl3N4O7S. The summed E-state index contributed by atoms with van der Waals surface area (Å²) in [6, 6.07) is 12.0. The molecule has 2 saturated carbocycles. The van der Waals surface area contributed by atoms with Gasteiger partial charge in [0, 0.05) is 41.2 Å². The third kappa shape index (κ3) is 7.18. The molecule has 0 radical (unpaired) electrons. The van der Waals surface area contributed by atoms with Gasteiger partial charge in [-0.2, -0.15) is 13.5 Å². The average molecular weight is 724 g/mol. The van der Waals surface area contributed by atoms with Gasteiger partial charge < -0.3 is 19.7 Å². The second-order valence-corrected chi connectivity index (χ2v) is 15.1. The zero-order chi connectivity index (χ0) is 33.7. The molecule has 1 amide bonds. The van der Waals surface area contributed by atoms with Crippen LogP contribution in [0, 0.1) is 0 Å². The van der Waals surface area contributed by atoms with Crippen molar-refractivity contribution < 1.29 is 32.1 Å². The molecule has 2 aromatic carbocycles. The van der Waals surface area contributed by atoms with Gasteiger partial charge >= 0.3 is 0 Å². The quantitative estimate of drug-likeness (QED) is 0.132. The number of carbonyl (C=O) groups is 1. The molecule has 0 atom stereocenters. The molecule has 2 fully saturated rings. The van der Waals surface area contributed by atoms with E-state index in [2.05, 4.69) is 15.6 Å². The van der Waals surface area contributed by atoms with Crippen LogP contribution in [0.3, 0.4) is 0 Å². The van der Waals surface area contributed by atoms with Gasteiger partial charge in [0.2, 0.25) is 0 Å². The first-order valence-electron chi connectivity index (χ1n) is 15.1. The zero-order valence-electron chi connectivity index (χ0n) is 25.5. The number of amides is 1. The SMILES string of the molecule is CC(C)n1nc(C(=O)NCCS(=O)(=O)O)cc1C1CC(O)(c2ccc(OCc3c(-c4c(Cl)cccc4Cl)noc3C3CC3)cc2Cl)C1. The Morgan fingerprint density at radius 2 is 1.81 bits per heavy atom. The molecule has 0 spiro atoms. The Bertz CT molecular complexity index is 1910. The third-order valence-corrected chi connectivity index (χ3v) is 10.2. The number of hydrogen-bond donors (Lipinski definition) is 3. The minimum absolute atomic E-state index is 0.0709. The fourth-order valence-electron chi connectivity index (χ4n) is 5.97. The number of aliphatic hydroxyl groups is 1. The summed E-state index contributed by atoms with van der Waals surface area (Å²) in [5.74, 6) is 0.265. The molecule has 6 rings (SSSR count). The predicted octanol–water partition coefficient (Wildman–Crippen LogP) is 6.92. The third-order valence-electron chi connectivity index (χ3n) is 8.51. The van der Waals surface area contributed by atoms with Crippen molar-refractivity contribution in [2.24, 2.45) is 0 Å². The summed E-state index contributed by atoms with van der Waals surface area (Å²) >= 11 is 19.7. The van der Waals surface area contributed by atoms with Gasteiger partial charge in [-0.25, -0.2) is 0 Å². The van der Waals surface area contributed by atoms with Crippen LogP contribution in [0.2, 0.25) is 15.1 Å². The van der Waals surface area contributed by atoms with Crippen LogP contribution in [0.5, 0.6) is 5.75 Å². The van der Waals surface area contributed by atoms with E-state index < -0.39 is 27.4 Å². The van der Waals surface area contributed by atoms with Crippen molar-refractivity contribution in [1.29, 1.82) is 0 Å². The standard InChI is InChI=1S/C32H33Cl3N4O7S/c1-17(2)39-27(13-26(37-39)31(40)36-10-11-47(42,43)44)19-14-32(41,15-19)22-9-8-20(12-25(22)35)45-16-21-29(38-46-30(21)18-6-7-18)28-23(33)4-3-5-24(28)34/h3-5,8-9,12-13,17-19,41H,6-7,10-11,14-16H2,1-2H3,(H,36,40)(H,42,43,44). The van der Waals surface area contributed by atoms with Crippen molar-refractivity contribution in [2.45, 2.75) is 69.6 Å². The molecule has 2 aliphatic rings. The summed E-state index contributed by atoms with van der Waals surface area (Å²) in [5.41, 5.74) is 2.16. The number of aromatic nitrogens is 3. The van der Waals surface area contributed by atoms with Gasteiger partial charge in [-0.15, -0.1) is 0 Å². The van der Waals surface area contributed by atoms with E-state index in [4.69, 9.17) is 48.6 Å². The summed E-state index contributed by atoms with van der Waals surface area (Å²) in [4.78, 5) is 12.6.